The summed E-state index contributed by atoms with van der Waals surface area (Å²) in [5.41, 5.74) is 5.62. The van der Waals surface area contributed by atoms with Crippen LogP contribution in [0.15, 0.2) is 60.7 Å². The standard InChI is InChI=1S/C46H54N2O10/c1-9-33(45(49)50)47(3)19-17-29-24-38(54-6)40-26-32(29)35(47)21-27-11-14-31(15-12-27)57-39-23-28(13-16-37(39)53-5)22-36-42-30(18-20-48(36,4)34(10-2)46(51)52)25-41(55-7)43(56-8)44(42)58-40/h11-16,23-26,33-36H,9-10,17-22H2,1-8H3. The second-order valence-corrected chi connectivity index (χ2v) is 16.1. The van der Waals surface area contributed by atoms with Gasteiger partial charge in [-0.1, -0.05) is 32.0 Å². The topological polar surface area (TPSA) is 136 Å². The number of aliphatic carboxylic acids is 2. The third kappa shape index (κ3) is 6.96. The molecule has 4 aromatic carbocycles. The van der Waals surface area contributed by atoms with E-state index in [1.54, 1.807) is 28.4 Å². The summed E-state index contributed by atoms with van der Waals surface area (Å²) in [7, 11) is 10.3. The lowest BCUT2D eigenvalue weighted by Crippen LogP contribution is -2.63. The van der Waals surface area contributed by atoms with Crippen molar-refractivity contribution in [1.29, 1.82) is 0 Å². The third-order valence-corrected chi connectivity index (χ3v) is 13.2. The molecule has 4 aliphatic rings. The molecule has 8 rings (SSSR count). The summed E-state index contributed by atoms with van der Waals surface area (Å²) in [6.45, 7) is 4.86. The van der Waals surface area contributed by atoms with E-state index in [0.717, 1.165) is 33.4 Å². The third-order valence-electron chi connectivity index (χ3n) is 13.2. The number of benzene rings is 4. The van der Waals surface area contributed by atoms with Gasteiger partial charge in [0, 0.05) is 44.1 Å². The number of hydrogen-bond acceptors (Lipinski definition) is 10. The molecule has 308 valence electrons. The molecule has 0 N–H and O–H groups in total. The monoisotopic (exact) mass is 794 g/mol. The van der Waals surface area contributed by atoms with Crippen LogP contribution in [0.2, 0.25) is 0 Å². The highest BCUT2D eigenvalue weighted by molar-refractivity contribution is 5.71. The number of quaternary nitrogens is 2. The summed E-state index contributed by atoms with van der Waals surface area (Å²) in [6, 6.07) is 17.2. The van der Waals surface area contributed by atoms with E-state index in [2.05, 4.69) is 0 Å². The number of likely N-dealkylation sites (N-methyl/N-ethyl adjacent to an activating group) is 2. The summed E-state index contributed by atoms with van der Waals surface area (Å²) >= 11 is 0. The van der Waals surface area contributed by atoms with Crippen LogP contribution in [0.5, 0.6) is 46.0 Å². The zero-order chi connectivity index (χ0) is 41.5. The Hall–Kier alpha value is -5.46. The second kappa shape index (κ2) is 16.1. The van der Waals surface area contributed by atoms with Crippen molar-refractivity contribution >= 4 is 11.9 Å². The Kier molecular flexibility index (Phi) is 11.3. The summed E-state index contributed by atoms with van der Waals surface area (Å²) < 4.78 is 37.9. The first-order valence-corrected chi connectivity index (χ1v) is 20.0. The number of carbonyl (C=O) groups excluding carboxylic acids is 2. The fourth-order valence-corrected chi connectivity index (χ4v) is 10.1. The first-order valence-electron chi connectivity index (χ1n) is 20.0. The van der Waals surface area contributed by atoms with Crippen LogP contribution in [0.1, 0.15) is 72.2 Å². The smallest absolute Gasteiger partial charge is 0.204 e. The number of hydrogen-bond donors (Lipinski definition) is 0. The van der Waals surface area contributed by atoms with Gasteiger partial charge in [0.2, 0.25) is 5.75 Å². The van der Waals surface area contributed by atoms with Crippen molar-refractivity contribution in [2.24, 2.45) is 0 Å². The molecule has 12 nitrogen and oxygen atoms in total. The van der Waals surface area contributed by atoms with E-state index in [0.29, 0.717) is 97.6 Å². The van der Waals surface area contributed by atoms with Crippen molar-refractivity contribution in [3.63, 3.8) is 0 Å². The highest BCUT2D eigenvalue weighted by atomic mass is 16.5. The van der Waals surface area contributed by atoms with Crippen LogP contribution >= 0.6 is 0 Å². The number of methoxy groups -OCH3 is 4. The van der Waals surface area contributed by atoms with Crippen molar-refractivity contribution in [1.82, 2.24) is 0 Å². The average molecular weight is 795 g/mol. The number of ether oxygens (including phenoxy) is 6. The Morgan fingerprint density at radius 2 is 1.22 bits per heavy atom. The van der Waals surface area contributed by atoms with Gasteiger partial charge < -0.3 is 57.2 Å². The Labute approximate surface area is 340 Å². The molecule has 0 fully saturated rings. The van der Waals surface area contributed by atoms with Gasteiger partial charge in [0.15, 0.2) is 34.5 Å². The zero-order valence-electron chi connectivity index (χ0n) is 34.7. The zero-order valence-corrected chi connectivity index (χ0v) is 34.7. The van der Waals surface area contributed by atoms with Gasteiger partial charge >= 0.3 is 0 Å². The van der Waals surface area contributed by atoms with E-state index < -0.39 is 30.1 Å². The number of fused-ring (bicyclic) bond motifs is 2. The molecule has 58 heavy (non-hydrogen) atoms. The molecule has 6 atom stereocenters. The quantitative estimate of drug-likeness (QED) is 0.196. The molecule has 0 amide bonds. The average Bonchev–Trinajstić information content (AvgIpc) is 3.20. The molecule has 0 aromatic heterocycles. The Morgan fingerprint density at radius 1 is 0.672 bits per heavy atom. The van der Waals surface area contributed by atoms with E-state index in [9.17, 15) is 19.8 Å². The fourth-order valence-electron chi connectivity index (χ4n) is 10.1. The van der Waals surface area contributed by atoms with Gasteiger partial charge in [-0.25, -0.2) is 0 Å². The molecule has 4 aliphatic heterocycles. The number of carbonyl (C=O) groups is 2. The van der Waals surface area contributed by atoms with E-state index >= 15 is 0 Å². The van der Waals surface area contributed by atoms with Gasteiger partial charge in [-0.3, -0.25) is 0 Å². The Bertz CT molecular complexity index is 2210. The summed E-state index contributed by atoms with van der Waals surface area (Å²) in [5, 5.41) is 25.8. The predicted octanol–water partition coefficient (Wildman–Crippen LogP) is 5.25. The van der Waals surface area contributed by atoms with Gasteiger partial charge in [0.25, 0.3) is 0 Å². The largest absolute Gasteiger partial charge is 0.544 e. The van der Waals surface area contributed by atoms with Gasteiger partial charge in [-0.15, -0.1) is 0 Å². The maximum atomic E-state index is 13.0. The van der Waals surface area contributed by atoms with E-state index in [1.807, 2.05) is 88.6 Å². The molecular weight excluding hydrogens is 741 g/mol. The lowest BCUT2D eigenvalue weighted by molar-refractivity contribution is -0.958. The minimum Gasteiger partial charge on any atom is -0.544 e. The van der Waals surface area contributed by atoms with Gasteiger partial charge in [0.05, 0.1) is 73.1 Å². The van der Waals surface area contributed by atoms with Crippen LogP contribution in [0, 0.1) is 0 Å². The van der Waals surface area contributed by atoms with E-state index in [1.165, 1.54) is 0 Å². The number of nitrogens with zero attached hydrogens (tertiary/aromatic N) is 2. The fraction of sp³-hybridized carbons (Fsp3) is 0.435. The van der Waals surface area contributed by atoms with E-state index in [-0.39, 0.29) is 15.0 Å². The van der Waals surface area contributed by atoms with Crippen LogP contribution in [0.4, 0.5) is 0 Å². The number of carboxylic acid groups (broad SMARTS) is 2. The summed E-state index contributed by atoms with van der Waals surface area (Å²) in [4.78, 5) is 25.8. The molecule has 0 saturated heterocycles. The molecule has 4 aromatic rings. The Morgan fingerprint density at radius 3 is 1.81 bits per heavy atom. The maximum absolute atomic E-state index is 13.0. The summed E-state index contributed by atoms with van der Waals surface area (Å²) in [6.07, 6.45) is 2.83. The number of rotatable bonds is 10. The van der Waals surface area contributed by atoms with Crippen LogP contribution < -0.4 is 38.6 Å². The van der Waals surface area contributed by atoms with Crippen molar-refractivity contribution in [2.75, 3.05) is 55.6 Å². The van der Waals surface area contributed by atoms with Gasteiger partial charge in [-0.2, -0.15) is 0 Å². The van der Waals surface area contributed by atoms with Crippen LogP contribution in [0.25, 0.3) is 0 Å². The molecule has 0 spiro atoms. The van der Waals surface area contributed by atoms with Gasteiger partial charge in [0.1, 0.15) is 29.9 Å². The van der Waals surface area contributed by atoms with Crippen molar-refractivity contribution in [3.8, 4) is 46.0 Å². The highest BCUT2D eigenvalue weighted by Crippen LogP contribution is 2.54. The van der Waals surface area contributed by atoms with Gasteiger partial charge in [-0.05, 0) is 64.7 Å². The SMILES string of the molecule is CCC(C(=O)[O-])[N+]1(C)CCc2cc(OC)c3cc2C1Cc1ccc(cc1)Oc1cc(ccc1OC)CC1c2c(cc(OC)c(OC)c2O3)CC[N+]1(C)C(CC)C(=O)[O-]. The lowest BCUT2D eigenvalue weighted by atomic mass is 9.83. The van der Waals surface area contributed by atoms with Crippen LogP contribution in [0.3, 0.4) is 0 Å². The molecule has 4 heterocycles. The van der Waals surface area contributed by atoms with E-state index in [4.69, 9.17) is 28.4 Å². The minimum absolute atomic E-state index is 0.141. The maximum Gasteiger partial charge on any atom is 0.204 e. The molecule has 0 aliphatic carbocycles. The minimum atomic E-state index is -1.12. The molecule has 0 saturated carbocycles. The van der Waals surface area contributed by atoms with Crippen molar-refractivity contribution in [3.05, 3.63) is 94.0 Å². The molecule has 0 radical (unpaired) electrons. The van der Waals surface area contributed by atoms with Crippen molar-refractivity contribution in [2.45, 2.75) is 76.5 Å². The first-order chi connectivity index (χ1) is 27.8. The van der Waals surface area contributed by atoms with Crippen LogP contribution in [-0.4, -0.2) is 88.6 Å². The molecule has 12 heteroatoms. The molecule has 6 unspecified atom stereocenters. The van der Waals surface area contributed by atoms with Crippen LogP contribution in [-0.2, 0) is 35.3 Å². The normalized spacial score (nSPS) is 23.1. The predicted molar refractivity (Wildman–Crippen MR) is 213 cm³/mol. The lowest BCUT2D eigenvalue weighted by Gasteiger charge is -2.51. The molecule has 6 bridgehead atoms. The Balaban J connectivity index is 1.55. The van der Waals surface area contributed by atoms with Crippen molar-refractivity contribution < 1.29 is 57.2 Å². The highest BCUT2D eigenvalue weighted by Gasteiger charge is 2.49. The summed E-state index contributed by atoms with van der Waals surface area (Å²) in [5.74, 6) is 1.59. The number of carboxylic acids is 2. The second-order valence-electron chi connectivity index (χ2n) is 16.1. The first kappa shape index (κ1) is 40.7. The molecular formula is C46H54N2O10.